The molecule has 8 heavy (non-hydrogen) atoms. The largest absolute Gasteiger partial charge is 0.236 e. The molecule has 0 saturated carbocycles. The molecule has 1 atom stereocenters. The molecule has 0 amide bonds. The van der Waals surface area contributed by atoms with Crippen molar-refractivity contribution in [1.82, 2.24) is 0 Å². The van der Waals surface area contributed by atoms with Crippen LogP contribution in [0.1, 0.15) is 20.3 Å². The lowest BCUT2D eigenvalue weighted by Gasteiger charge is -2.07. The molecule has 0 aliphatic carbocycles. The first-order valence-corrected chi connectivity index (χ1v) is 2.89. The van der Waals surface area contributed by atoms with Crippen molar-refractivity contribution in [2.24, 2.45) is 0 Å². The maximum Gasteiger partial charge on any atom is 0.101 e. The summed E-state index contributed by atoms with van der Waals surface area (Å²) in [6, 6.07) is 0. The predicted octanol–water partition coefficient (Wildman–Crippen LogP) is 1.32. The minimum Gasteiger partial charge on any atom is -0.236 e. The van der Waals surface area contributed by atoms with Crippen LogP contribution in [0.15, 0.2) is 0 Å². The van der Waals surface area contributed by atoms with E-state index in [1.165, 1.54) is 5.92 Å². The van der Waals surface area contributed by atoms with E-state index in [-0.39, 0.29) is 6.10 Å². The fourth-order valence-corrected chi connectivity index (χ4v) is 0.718. The molecule has 1 unspecified atom stereocenters. The fourth-order valence-electron chi connectivity index (χ4n) is 0.718. The Morgan fingerprint density at radius 1 is 1.50 bits per heavy atom. The van der Waals surface area contributed by atoms with Crippen molar-refractivity contribution >= 4 is 0 Å². The minimum atomic E-state index is 0.259. The zero-order valence-corrected chi connectivity index (χ0v) is 5.31. The highest BCUT2D eigenvalue weighted by Crippen LogP contribution is 2.17. The maximum atomic E-state index is 4.88. The Hall–Kier alpha value is -0.0800. The first-order chi connectivity index (χ1) is 3.80. The molecule has 1 heterocycles. The van der Waals surface area contributed by atoms with E-state index in [0.717, 1.165) is 13.0 Å². The summed E-state index contributed by atoms with van der Waals surface area (Å²) in [7, 11) is 0. The molecule has 1 aliphatic heterocycles. The second kappa shape index (κ2) is 2.46. The van der Waals surface area contributed by atoms with Crippen LogP contribution >= 0.6 is 0 Å². The highest BCUT2D eigenvalue weighted by molar-refractivity contribution is 4.88. The van der Waals surface area contributed by atoms with Gasteiger partial charge in [-0.15, -0.1) is 0 Å². The Kier molecular flexibility index (Phi) is 1.86. The van der Waals surface area contributed by atoms with Gasteiger partial charge in [-0.1, -0.05) is 13.8 Å². The van der Waals surface area contributed by atoms with Crippen molar-refractivity contribution in [3.8, 4) is 0 Å². The van der Waals surface area contributed by atoms with Gasteiger partial charge < -0.3 is 0 Å². The van der Waals surface area contributed by atoms with Crippen LogP contribution in [0, 0.1) is 5.92 Å². The fraction of sp³-hybridized carbons (Fsp3) is 0.833. The summed E-state index contributed by atoms with van der Waals surface area (Å²) >= 11 is 0. The zero-order valence-electron chi connectivity index (χ0n) is 5.31. The highest BCUT2D eigenvalue weighted by Gasteiger charge is 2.20. The van der Waals surface area contributed by atoms with Crippen LogP contribution < -0.4 is 0 Å². The molecule has 0 aromatic rings. The summed E-state index contributed by atoms with van der Waals surface area (Å²) in [5, 5.41) is 0. The molecule has 1 saturated heterocycles. The van der Waals surface area contributed by atoms with Gasteiger partial charge >= 0.3 is 0 Å². The van der Waals surface area contributed by atoms with Gasteiger partial charge in [-0.05, 0) is 0 Å². The normalized spacial score (nSPS) is 29.6. The molecule has 1 rings (SSSR count). The Balaban J connectivity index is 2.24. The number of hydrogen-bond acceptors (Lipinski definition) is 2. The van der Waals surface area contributed by atoms with Gasteiger partial charge in [-0.3, -0.25) is 0 Å². The molecule has 0 aromatic carbocycles. The predicted molar refractivity (Wildman–Crippen MR) is 30.0 cm³/mol. The Morgan fingerprint density at radius 3 is 2.50 bits per heavy atom. The summed E-state index contributed by atoms with van der Waals surface area (Å²) in [4.78, 5) is 9.57. The minimum absolute atomic E-state index is 0.259. The second-order valence-corrected chi connectivity index (χ2v) is 2.27. The van der Waals surface area contributed by atoms with Gasteiger partial charge in [0.15, 0.2) is 0 Å². The third-order valence-electron chi connectivity index (χ3n) is 1.29. The van der Waals surface area contributed by atoms with Crippen molar-refractivity contribution < 1.29 is 9.78 Å². The van der Waals surface area contributed by atoms with Crippen LogP contribution in [0.3, 0.4) is 0 Å². The molecular weight excluding hydrogens is 104 g/mol. The van der Waals surface area contributed by atoms with Crippen LogP contribution in [0.4, 0.5) is 0 Å². The molecule has 2 nitrogen and oxygen atoms in total. The molecule has 1 radical (unpaired) electrons. The molecule has 0 bridgehead atoms. The van der Waals surface area contributed by atoms with Crippen LogP contribution in [-0.2, 0) is 9.78 Å². The van der Waals surface area contributed by atoms with E-state index in [2.05, 4.69) is 13.8 Å². The molecular formula is C6H11O2. The number of hydrogen-bond donors (Lipinski definition) is 0. The second-order valence-electron chi connectivity index (χ2n) is 2.27. The van der Waals surface area contributed by atoms with Crippen molar-refractivity contribution in [1.29, 1.82) is 0 Å². The Morgan fingerprint density at radius 2 is 2.25 bits per heavy atom. The molecule has 47 valence electrons. The SMILES string of the molecule is C[C](C)C1CCOO1. The van der Waals surface area contributed by atoms with E-state index in [4.69, 9.17) is 9.78 Å². The quantitative estimate of drug-likeness (QED) is 0.480. The van der Waals surface area contributed by atoms with Crippen molar-refractivity contribution in [3.05, 3.63) is 5.92 Å². The molecule has 1 fully saturated rings. The Bertz CT molecular complexity index is 64.9. The monoisotopic (exact) mass is 115 g/mol. The van der Waals surface area contributed by atoms with Gasteiger partial charge in [0.2, 0.25) is 0 Å². The van der Waals surface area contributed by atoms with Gasteiger partial charge in [0.1, 0.15) is 6.10 Å². The van der Waals surface area contributed by atoms with Gasteiger partial charge in [-0.25, -0.2) is 9.78 Å². The summed E-state index contributed by atoms with van der Waals surface area (Å²) in [5.41, 5.74) is 0. The van der Waals surface area contributed by atoms with Gasteiger partial charge in [0, 0.05) is 12.3 Å². The molecule has 1 aliphatic rings. The zero-order chi connectivity index (χ0) is 5.98. The van der Waals surface area contributed by atoms with E-state index in [1.807, 2.05) is 0 Å². The third-order valence-corrected chi connectivity index (χ3v) is 1.29. The van der Waals surface area contributed by atoms with Crippen molar-refractivity contribution in [2.45, 2.75) is 26.4 Å². The van der Waals surface area contributed by atoms with Crippen LogP contribution in [-0.4, -0.2) is 12.7 Å². The standard InChI is InChI=1S/C6H11O2/c1-5(2)6-3-4-7-8-6/h6H,3-4H2,1-2H3. The first-order valence-electron chi connectivity index (χ1n) is 2.89. The maximum absolute atomic E-state index is 4.88. The van der Waals surface area contributed by atoms with Crippen LogP contribution in [0.25, 0.3) is 0 Å². The van der Waals surface area contributed by atoms with Gasteiger partial charge in [0.25, 0.3) is 0 Å². The smallest absolute Gasteiger partial charge is 0.101 e. The highest BCUT2D eigenvalue weighted by atomic mass is 17.2. The topological polar surface area (TPSA) is 18.5 Å². The van der Waals surface area contributed by atoms with Crippen LogP contribution in [0.2, 0.25) is 0 Å². The molecule has 0 N–H and O–H groups in total. The summed E-state index contributed by atoms with van der Waals surface area (Å²) in [6.07, 6.45) is 1.28. The van der Waals surface area contributed by atoms with Gasteiger partial charge in [-0.2, -0.15) is 0 Å². The van der Waals surface area contributed by atoms with E-state index in [9.17, 15) is 0 Å². The first kappa shape index (κ1) is 6.05. The lowest BCUT2D eigenvalue weighted by atomic mass is 10.1. The molecule has 0 aromatic heterocycles. The average molecular weight is 115 g/mol. The summed E-state index contributed by atoms with van der Waals surface area (Å²) in [6.45, 7) is 4.86. The van der Waals surface area contributed by atoms with Crippen molar-refractivity contribution in [3.63, 3.8) is 0 Å². The lowest BCUT2D eigenvalue weighted by Crippen LogP contribution is -2.10. The van der Waals surface area contributed by atoms with E-state index >= 15 is 0 Å². The van der Waals surface area contributed by atoms with Crippen molar-refractivity contribution in [2.75, 3.05) is 6.61 Å². The van der Waals surface area contributed by atoms with E-state index in [0.29, 0.717) is 0 Å². The Labute approximate surface area is 49.7 Å². The van der Waals surface area contributed by atoms with Gasteiger partial charge in [0.05, 0.1) is 6.61 Å². The molecule has 2 heteroatoms. The van der Waals surface area contributed by atoms with Crippen LogP contribution in [0.5, 0.6) is 0 Å². The lowest BCUT2D eigenvalue weighted by molar-refractivity contribution is -0.270. The van der Waals surface area contributed by atoms with E-state index in [1.54, 1.807) is 0 Å². The summed E-state index contributed by atoms with van der Waals surface area (Å²) < 4.78 is 0. The third kappa shape index (κ3) is 1.20. The number of rotatable bonds is 1. The van der Waals surface area contributed by atoms with E-state index < -0.39 is 0 Å². The average Bonchev–Trinajstić information content (AvgIpc) is 2.12. The summed E-state index contributed by atoms with van der Waals surface area (Å²) in [5.74, 6) is 1.29. The molecule has 0 spiro atoms.